The number of carbonyl (C=O) groups excluding carboxylic acids is 1. The van der Waals surface area contributed by atoms with E-state index >= 15 is 0 Å². The highest BCUT2D eigenvalue weighted by Crippen LogP contribution is 2.23. The molecule has 2 aromatic carbocycles. The number of rotatable bonds is 6. The van der Waals surface area contributed by atoms with Gasteiger partial charge in [-0.25, -0.2) is 4.79 Å². The van der Waals surface area contributed by atoms with Crippen LogP contribution in [0.5, 0.6) is 11.6 Å². The van der Waals surface area contributed by atoms with Gasteiger partial charge in [-0.15, -0.1) is 9.19 Å². The predicted molar refractivity (Wildman–Crippen MR) is 103 cm³/mol. The summed E-state index contributed by atoms with van der Waals surface area (Å²) in [6.45, 7) is 4.19. The third kappa shape index (κ3) is 3.99. The van der Waals surface area contributed by atoms with Crippen LogP contribution < -0.4 is 15.2 Å². The standard InChI is InChI=1S/C19H19N3O5S/c1-3-26-15-8-10-16(11-9-15)28(24,25)22-17(20)12-18(21-22)27-19(23)14-6-4-13(2)5-7-14/h4-12H,3,20H2,1-2H3. The van der Waals surface area contributed by atoms with Crippen molar-refractivity contribution >= 4 is 21.8 Å². The van der Waals surface area contributed by atoms with Crippen LogP contribution in [0.4, 0.5) is 5.82 Å². The second-order valence-corrected chi connectivity index (χ2v) is 7.68. The fourth-order valence-electron chi connectivity index (χ4n) is 2.42. The molecule has 3 aromatic rings. The van der Waals surface area contributed by atoms with Crippen molar-refractivity contribution in [1.29, 1.82) is 0 Å². The van der Waals surface area contributed by atoms with Gasteiger partial charge in [0.1, 0.15) is 11.6 Å². The van der Waals surface area contributed by atoms with Gasteiger partial charge in [0, 0.05) is 6.07 Å². The summed E-state index contributed by atoms with van der Waals surface area (Å²) >= 11 is 0. The van der Waals surface area contributed by atoms with Gasteiger partial charge < -0.3 is 15.2 Å². The largest absolute Gasteiger partial charge is 0.494 e. The summed E-state index contributed by atoms with van der Waals surface area (Å²) in [7, 11) is -4.05. The zero-order valence-corrected chi connectivity index (χ0v) is 16.1. The van der Waals surface area contributed by atoms with Crippen molar-refractivity contribution in [1.82, 2.24) is 9.19 Å². The monoisotopic (exact) mass is 401 g/mol. The van der Waals surface area contributed by atoms with Crippen molar-refractivity contribution in [2.45, 2.75) is 18.7 Å². The number of nitrogens with two attached hydrogens (primary N) is 1. The average Bonchev–Trinajstić information content (AvgIpc) is 3.04. The number of hydrogen-bond donors (Lipinski definition) is 1. The molecule has 0 aliphatic heterocycles. The second-order valence-electron chi connectivity index (χ2n) is 5.92. The number of aryl methyl sites for hydroxylation is 1. The molecule has 0 aliphatic carbocycles. The summed E-state index contributed by atoms with van der Waals surface area (Å²) in [6, 6.07) is 13.8. The molecule has 0 bridgehead atoms. The number of anilines is 1. The Morgan fingerprint density at radius 1 is 1.11 bits per heavy atom. The molecule has 1 aromatic heterocycles. The maximum absolute atomic E-state index is 12.8. The lowest BCUT2D eigenvalue weighted by Gasteiger charge is -2.07. The molecular weight excluding hydrogens is 382 g/mol. The quantitative estimate of drug-likeness (QED) is 0.632. The maximum atomic E-state index is 12.8. The van der Waals surface area contributed by atoms with E-state index in [-0.39, 0.29) is 16.6 Å². The van der Waals surface area contributed by atoms with E-state index in [4.69, 9.17) is 15.2 Å². The smallest absolute Gasteiger partial charge is 0.344 e. The van der Waals surface area contributed by atoms with Crippen molar-refractivity contribution < 1.29 is 22.7 Å². The molecule has 146 valence electrons. The first-order chi connectivity index (χ1) is 13.3. The highest BCUT2D eigenvalue weighted by atomic mass is 32.2. The van der Waals surface area contributed by atoms with Crippen LogP contribution in [0, 0.1) is 6.92 Å². The van der Waals surface area contributed by atoms with Crippen LogP contribution in [0.3, 0.4) is 0 Å². The molecule has 3 rings (SSSR count). The molecule has 0 saturated carbocycles. The minimum atomic E-state index is -4.05. The second kappa shape index (κ2) is 7.73. The molecule has 0 saturated heterocycles. The van der Waals surface area contributed by atoms with Crippen LogP contribution >= 0.6 is 0 Å². The summed E-state index contributed by atoms with van der Waals surface area (Å²) < 4.78 is 36.6. The van der Waals surface area contributed by atoms with Gasteiger partial charge in [0.25, 0.3) is 10.0 Å². The molecule has 0 spiro atoms. The van der Waals surface area contributed by atoms with Gasteiger partial charge in [0.05, 0.1) is 17.1 Å². The molecule has 0 fully saturated rings. The van der Waals surface area contributed by atoms with Crippen molar-refractivity contribution in [2.75, 3.05) is 12.3 Å². The zero-order chi connectivity index (χ0) is 20.3. The number of ether oxygens (including phenoxy) is 2. The van der Waals surface area contributed by atoms with Crippen LogP contribution in [-0.4, -0.2) is 30.2 Å². The van der Waals surface area contributed by atoms with Crippen molar-refractivity contribution in [3.63, 3.8) is 0 Å². The third-order valence-corrected chi connectivity index (χ3v) is 5.44. The summed E-state index contributed by atoms with van der Waals surface area (Å²) in [4.78, 5) is 12.2. The van der Waals surface area contributed by atoms with E-state index in [1.165, 1.54) is 30.3 Å². The molecule has 0 amide bonds. The van der Waals surface area contributed by atoms with E-state index in [0.29, 0.717) is 22.0 Å². The first-order valence-corrected chi connectivity index (χ1v) is 9.88. The normalized spacial score (nSPS) is 11.2. The van der Waals surface area contributed by atoms with E-state index in [1.54, 1.807) is 24.3 Å². The molecule has 1 heterocycles. The molecule has 0 unspecified atom stereocenters. The van der Waals surface area contributed by atoms with E-state index in [0.717, 1.165) is 5.56 Å². The van der Waals surface area contributed by atoms with E-state index in [1.807, 2.05) is 13.8 Å². The lowest BCUT2D eigenvalue weighted by Crippen LogP contribution is -2.17. The van der Waals surface area contributed by atoms with Crippen LogP contribution in [-0.2, 0) is 10.0 Å². The maximum Gasteiger partial charge on any atom is 0.344 e. The number of nitrogens with zero attached hydrogens (tertiary/aromatic N) is 2. The van der Waals surface area contributed by atoms with Crippen LogP contribution in [0.25, 0.3) is 0 Å². The summed E-state index contributed by atoms with van der Waals surface area (Å²) in [6.07, 6.45) is 0. The summed E-state index contributed by atoms with van der Waals surface area (Å²) in [5, 5.41) is 3.83. The van der Waals surface area contributed by atoms with Gasteiger partial charge in [-0.2, -0.15) is 8.42 Å². The first kappa shape index (κ1) is 19.4. The third-order valence-electron chi connectivity index (χ3n) is 3.83. The molecule has 28 heavy (non-hydrogen) atoms. The minimum absolute atomic E-state index is 0.0258. The first-order valence-electron chi connectivity index (χ1n) is 8.44. The summed E-state index contributed by atoms with van der Waals surface area (Å²) in [5.74, 6) is -0.510. The molecule has 2 N–H and O–H groups in total. The van der Waals surface area contributed by atoms with Crippen LogP contribution in [0.1, 0.15) is 22.8 Å². The Morgan fingerprint density at radius 3 is 2.36 bits per heavy atom. The van der Waals surface area contributed by atoms with Gasteiger partial charge in [-0.05, 0) is 50.2 Å². The molecule has 0 aliphatic rings. The molecular formula is C19H19N3O5S. The molecule has 9 heteroatoms. The summed E-state index contributed by atoms with van der Waals surface area (Å²) in [5.41, 5.74) is 7.09. The lowest BCUT2D eigenvalue weighted by molar-refractivity contribution is 0.0727. The van der Waals surface area contributed by atoms with Gasteiger partial charge in [0.2, 0.25) is 5.88 Å². The lowest BCUT2D eigenvalue weighted by atomic mass is 10.1. The SMILES string of the molecule is CCOc1ccc(S(=O)(=O)n2nc(OC(=O)c3ccc(C)cc3)cc2N)cc1. The van der Waals surface area contributed by atoms with E-state index < -0.39 is 16.0 Å². The Labute approximate surface area is 162 Å². The highest BCUT2D eigenvalue weighted by molar-refractivity contribution is 7.90. The minimum Gasteiger partial charge on any atom is -0.494 e. The Bertz CT molecular complexity index is 1090. The van der Waals surface area contributed by atoms with Gasteiger partial charge in [-0.3, -0.25) is 0 Å². The van der Waals surface area contributed by atoms with E-state index in [2.05, 4.69) is 5.10 Å². The Hall–Kier alpha value is -3.33. The highest BCUT2D eigenvalue weighted by Gasteiger charge is 2.23. The van der Waals surface area contributed by atoms with E-state index in [9.17, 15) is 13.2 Å². The molecule has 0 radical (unpaired) electrons. The predicted octanol–water partition coefficient (Wildman–Crippen LogP) is 2.63. The Kier molecular flexibility index (Phi) is 5.36. The van der Waals surface area contributed by atoms with Crippen molar-refractivity contribution in [2.24, 2.45) is 0 Å². The van der Waals surface area contributed by atoms with Gasteiger partial charge in [-0.1, -0.05) is 17.7 Å². The number of carbonyl (C=O) groups is 1. The van der Waals surface area contributed by atoms with Gasteiger partial charge in [0.15, 0.2) is 0 Å². The average molecular weight is 401 g/mol. The Morgan fingerprint density at radius 2 is 1.75 bits per heavy atom. The number of hydrogen-bond acceptors (Lipinski definition) is 7. The topological polar surface area (TPSA) is 114 Å². The molecule has 0 atom stereocenters. The zero-order valence-electron chi connectivity index (χ0n) is 15.3. The molecule has 8 nitrogen and oxygen atoms in total. The Balaban J connectivity index is 1.84. The van der Waals surface area contributed by atoms with Crippen molar-refractivity contribution in [3.8, 4) is 11.6 Å². The fraction of sp³-hybridized carbons (Fsp3) is 0.158. The number of nitrogen functional groups attached to an aromatic ring is 1. The van der Waals surface area contributed by atoms with Crippen molar-refractivity contribution in [3.05, 3.63) is 65.7 Å². The van der Waals surface area contributed by atoms with Crippen LogP contribution in [0.15, 0.2) is 59.5 Å². The number of aromatic nitrogens is 2. The van der Waals surface area contributed by atoms with Crippen LogP contribution in [0.2, 0.25) is 0 Å². The number of esters is 1. The number of benzene rings is 2. The fourth-order valence-corrected chi connectivity index (χ4v) is 3.62. The van der Waals surface area contributed by atoms with Gasteiger partial charge >= 0.3 is 5.97 Å².